The molecule has 0 amide bonds. The number of hydrogen-bond acceptors (Lipinski definition) is 4. The summed E-state index contributed by atoms with van der Waals surface area (Å²) in [5.74, 6) is 0. The van der Waals surface area contributed by atoms with Crippen LogP contribution in [-0.2, 0) is 10.8 Å². The molecule has 76 valence electrons. The predicted molar refractivity (Wildman–Crippen MR) is 54.7 cm³/mol. The quantitative estimate of drug-likeness (QED) is 0.758. The third kappa shape index (κ3) is 2.10. The van der Waals surface area contributed by atoms with Gasteiger partial charge in [0, 0.05) is 12.6 Å². The monoisotopic (exact) mass is 231 g/mol. The van der Waals surface area contributed by atoms with Gasteiger partial charge in [0.15, 0.2) is 0 Å². The van der Waals surface area contributed by atoms with Crippen molar-refractivity contribution in [3.63, 3.8) is 0 Å². The zero-order chi connectivity index (χ0) is 9.97. The molecule has 4 nitrogen and oxygen atoms in total. The molecular weight excluding hydrogens is 222 g/mol. The summed E-state index contributed by atoms with van der Waals surface area (Å²) in [5, 5.41) is 4.19. The highest BCUT2D eigenvalue weighted by molar-refractivity contribution is 7.85. The molecule has 1 aliphatic heterocycles. The van der Waals surface area contributed by atoms with Crippen molar-refractivity contribution in [1.29, 1.82) is 0 Å². The highest BCUT2D eigenvalue weighted by atomic mass is 35.5. The SMILES string of the molecule is O=[S@](c1cc(Cl)ncn1)[C@@H]1CCNC1. The van der Waals surface area contributed by atoms with Crippen molar-refractivity contribution in [3.8, 4) is 0 Å². The first-order chi connectivity index (χ1) is 6.77. The van der Waals surface area contributed by atoms with Crippen LogP contribution in [0, 0.1) is 0 Å². The topological polar surface area (TPSA) is 54.9 Å². The Morgan fingerprint density at radius 2 is 2.43 bits per heavy atom. The first-order valence-corrected chi connectivity index (χ1v) is 5.95. The molecule has 2 heterocycles. The van der Waals surface area contributed by atoms with E-state index in [4.69, 9.17) is 11.6 Å². The van der Waals surface area contributed by atoms with Crippen molar-refractivity contribution < 1.29 is 4.21 Å². The van der Waals surface area contributed by atoms with Crippen molar-refractivity contribution in [1.82, 2.24) is 15.3 Å². The summed E-state index contributed by atoms with van der Waals surface area (Å²) in [6, 6.07) is 1.57. The van der Waals surface area contributed by atoms with E-state index in [-0.39, 0.29) is 5.25 Å². The first-order valence-electron chi connectivity index (χ1n) is 4.36. The minimum Gasteiger partial charge on any atom is -0.315 e. The van der Waals surface area contributed by atoms with E-state index in [2.05, 4.69) is 15.3 Å². The lowest BCUT2D eigenvalue weighted by Crippen LogP contribution is -2.19. The maximum atomic E-state index is 11.9. The van der Waals surface area contributed by atoms with Crippen LogP contribution in [0.25, 0.3) is 0 Å². The molecule has 1 aliphatic rings. The molecule has 1 saturated heterocycles. The molecule has 0 saturated carbocycles. The summed E-state index contributed by atoms with van der Waals surface area (Å²) >= 11 is 5.69. The predicted octanol–water partition coefficient (Wildman–Crippen LogP) is 0.599. The van der Waals surface area contributed by atoms with Gasteiger partial charge in [-0.3, -0.25) is 4.21 Å². The average molecular weight is 232 g/mol. The molecule has 1 fully saturated rings. The number of rotatable bonds is 2. The number of hydrogen-bond donors (Lipinski definition) is 1. The molecule has 2 rings (SSSR count). The molecule has 0 spiro atoms. The second-order valence-electron chi connectivity index (χ2n) is 3.09. The normalized spacial score (nSPS) is 23.6. The molecule has 0 aliphatic carbocycles. The first kappa shape index (κ1) is 10.0. The van der Waals surface area contributed by atoms with E-state index < -0.39 is 10.8 Å². The summed E-state index contributed by atoms with van der Waals surface area (Å²) in [5.41, 5.74) is 0. The molecule has 14 heavy (non-hydrogen) atoms. The van der Waals surface area contributed by atoms with Gasteiger partial charge in [-0.15, -0.1) is 0 Å². The van der Waals surface area contributed by atoms with Crippen molar-refractivity contribution >= 4 is 22.4 Å². The molecule has 2 atom stereocenters. The smallest absolute Gasteiger partial charge is 0.133 e. The van der Waals surface area contributed by atoms with E-state index in [1.165, 1.54) is 6.33 Å². The van der Waals surface area contributed by atoms with Crippen LogP contribution in [0.4, 0.5) is 0 Å². The second kappa shape index (κ2) is 4.33. The fourth-order valence-electron chi connectivity index (χ4n) is 1.41. The lowest BCUT2D eigenvalue weighted by molar-refractivity contribution is 0.669. The highest BCUT2D eigenvalue weighted by Crippen LogP contribution is 2.15. The molecule has 1 N–H and O–H groups in total. The maximum Gasteiger partial charge on any atom is 0.133 e. The minimum absolute atomic E-state index is 0.154. The summed E-state index contributed by atoms with van der Waals surface area (Å²) < 4.78 is 11.9. The maximum absolute atomic E-state index is 11.9. The van der Waals surface area contributed by atoms with E-state index in [0.29, 0.717) is 10.2 Å². The van der Waals surface area contributed by atoms with Crippen LogP contribution < -0.4 is 5.32 Å². The Morgan fingerprint density at radius 1 is 1.57 bits per heavy atom. The van der Waals surface area contributed by atoms with Crippen molar-refractivity contribution in [2.45, 2.75) is 16.7 Å². The Kier molecular flexibility index (Phi) is 3.10. The van der Waals surface area contributed by atoms with Crippen LogP contribution in [0.3, 0.4) is 0 Å². The Balaban J connectivity index is 2.17. The van der Waals surface area contributed by atoms with Crippen molar-refractivity contribution in [3.05, 3.63) is 17.5 Å². The summed E-state index contributed by atoms with van der Waals surface area (Å²) in [6.07, 6.45) is 2.27. The third-order valence-corrected chi connectivity index (χ3v) is 3.98. The average Bonchev–Trinajstić information content (AvgIpc) is 2.69. The van der Waals surface area contributed by atoms with E-state index in [1.54, 1.807) is 6.07 Å². The van der Waals surface area contributed by atoms with Gasteiger partial charge in [-0.2, -0.15) is 0 Å². The molecule has 0 bridgehead atoms. The van der Waals surface area contributed by atoms with Gasteiger partial charge in [0.05, 0.1) is 16.0 Å². The summed E-state index contributed by atoms with van der Waals surface area (Å²) in [6.45, 7) is 1.71. The van der Waals surface area contributed by atoms with E-state index in [9.17, 15) is 4.21 Å². The Hall–Kier alpha value is -0.520. The lowest BCUT2D eigenvalue weighted by atomic mass is 10.4. The van der Waals surface area contributed by atoms with Crippen LogP contribution in [0.2, 0.25) is 5.15 Å². The Bertz CT molecular complexity index is 354. The molecular formula is C8H10ClN3OS. The van der Waals surface area contributed by atoms with Crippen LogP contribution in [0.5, 0.6) is 0 Å². The van der Waals surface area contributed by atoms with E-state index >= 15 is 0 Å². The van der Waals surface area contributed by atoms with Gasteiger partial charge in [-0.1, -0.05) is 11.6 Å². The van der Waals surface area contributed by atoms with Gasteiger partial charge in [-0.05, 0) is 13.0 Å². The van der Waals surface area contributed by atoms with E-state index in [1.807, 2.05) is 0 Å². The molecule has 1 aromatic rings. The second-order valence-corrected chi connectivity index (χ2v) is 5.16. The molecule has 0 radical (unpaired) electrons. The largest absolute Gasteiger partial charge is 0.315 e. The van der Waals surface area contributed by atoms with Gasteiger partial charge < -0.3 is 5.32 Å². The molecule has 0 unspecified atom stereocenters. The van der Waals surface area contributed by atoms with Crippen LogP contribution in [0.15, 0.2) is 17.4 Å². The van der Waals surface area contributed by atoms with Crippen LogP contribution in [0.1, 0.15) is 6.42 Å². The van der Waals surface area contributed by atoms with Crippen molar-refractivity contribution in [2.75, 3.05) is 13.1 Å². The summed E-state index contributed by atoms with van der Waals surface area (Å²) in [4.78, 5) is 7.71. The number of aromatic nitrogens is 2. The van der Waals surface area contributed by atoms with E-state index in [0.717, 1.165) is 19.5 Å². The minimum atomic E-state index is -1.07. The van der Waals surface area contributed by atoms with Gasteiger partial charge in [0.1, 0.15) is 16.5 Å². The van der Waals surface area contributed by atoms with Gasteiger partial charge in [0.2, 0.25) is 0 Å². The Morgan fingerprint density at radius 3 is 3.07 bits per heavy atom. The van der Waals surface area contributed by atoms with Crippen LogP contribution in [-0.4, -0.2) is 32.5 Å². The van der Waals surface area contributed by atoms with Crippen LogP contribution >= 0.6 is 11.6 Å². The lowest BCUT2D eigenvalue weighted by Gasteiger charge is -2.06. The highest BCUT2D eigenvalue weighted by Gasteiger charge is 2.23. The summed E-state index contributed by atoms with van der Waals surface area (Å²) in [7, 11) is -1.07. The standard InChI is InChI=1S/C8H10ClN3OS/c9-7-3-8(12-5-11-7)14(13)6-1-2-10-4-6/h3,5-6,10H,1-2,4H2/t6-,14+/m1/s1. The fraction of sp³-hybridized carbons (Fsp3) is 0.500. The third-order valence-electron chi connectivity index (χ3n) is 2.13. The molecule has 0 aromatic carbocycles. The van der Waals surface area contributed by atoms with Gasteiger partial charge in [0.25, 0.3) is 0 Å². The number of halogens is 1. The van der Waals surface area contributed by atoms with Gasteiger partial charge >= 0.3 is 0 Å². The number of nitrogens with zero attached hydrogens (tertiary/aromatic N) is 2. The fourth-order valence-corrected chi connectivity index (χ4v) is 2.94. The molecule has 6 heteroatoms. The van der Waals surface area contributed by atoms with Gasteiger partial charge in [-0.25, -0.2) is 9.97 Å². The zero-order valence-electron chi connectivity index (χ0n) is 7.44. The Labute approximate surface area is 89.6 Å². The zero-order valence-corrected chi connectivity index (χ0v) is 9.01. The van der Waals surface area contributed by atoms with Crippen molar-refractivity contribution in [2.24, 2.45) is 0 Å². The number of nitrogens with one attached hydrogen (secondary N) is 1. The molecule has 1 aromatic heterocycles.